The molecule has 1 unspecified atom stereocenters. The molecule has 23 heavy (non-hydrogen) atoms. The van der Waals surface area contributed by atoms with Crippen LogP contribution < -0.4 is 11.1 Å². The van der Waals surface area contributed by atoms with Crippen molar-refractivity contribution in [3.05, 3.63) is 35.9 Å². The number of nitrogens with zero attached hydrogens (tertiary/aromatic N) is 1. The van der Waals surface area contributed by atoms with Gasteiger partial charge in [-0.15, -0.1) is 0 Å². The van der Waals surface area contributed by atoms with Gasteiger partial charge in [0.25, 0.3) is 0 Å². The molecule has 0 radical (unpaired) electrons. The van der Waals surface area contributed by atoms with Gasteiger partial charge in [-0.1, -0.05) is 30.3 Å². The summed E-state index contributed by atoms with van der Waals surface area (Å²) < 4.78 is 5.20. The number of benzene rings is 1. The van der Waals surface area contributed by atoms with Crippen LogP contribution in [0.25, 0.3) is 0 Å². The van der Waals surface area contributed by atoms with Crippen LogP contribution in [0.4, 0.5) is 4.79 Å². The summed E-state index contributed by atoms with van der Waals surface area (Å²) in [7, 11) is 0. The SMILES string of the molecule is NCCCC(NC(=O)OCc1ccccc1)C(=O)N1CCCC1. The van der Waals surface area contributed by atoms with Crippen molar-refractivity contribution in [1.82, 2.24) is 10.2 Å². The molecule has 1 saturated heterocycles. The molecule has 1 aliphatic heterocycles. The van der Waals surface area contributed by atoms with Crippen LogP contribution in [0.1, 0.15) is 31.2 Å². The fraction of sp³-hybridized carbons (Fsp3) is 0.529. The number of hydrogen-bond acceptors (Lipinski definition) is 4. The Hall–Kier alpha value is -2.08. The number of nitrogens with one attached hydrogen (secondary N) is 1. The number of hydrogen-bond donors (Lipinski definition) is 2. The number of amides is 2. The zero-order valence-electron chi connectivity index (χ0n) is 13.4. The van der Waals surface area contributed by atoms with E-state index in [9.17, 15) is 9.59 Å². The molecule has 1 fully saturated rings. The Morgan fingerprint density at radius 1 is 1.22 bits per heavy atom. The summed E-state index contributed by atoms with van der Waals surface area (Å²) in [4.78, 5) is 26.3. The Kier molecular flexibility index (Phi) is 6.87. The Morgan fingerprint density at radius 3 is 2.57 bits per heavy atom. The van der Waals surface area contributed by atoms with Gasteiger partial charge in [0, 0.05) is 13.1 Å². The molecule has 1 aromatic carbocycles. The lowest BCUT2D eigenvalue weighted by Gasteiger charge is -2.23. The van der Waals surface area contributed by atoms with E-state index in [-0.39, 0.29) is 12.5 Å². The van der Waals surface area contributed by atoms with Gasteiger partial charge in [-0.2, -0.15) is 0 Å². The molecule has 0 saturated carbocycles. The van der Waals surface area contributed by atoms with E-state index in [1.54, 1.807) is 4.90 Å². The summed E-state index contributed by atoms with van der Waals surface area (Å²) in [5.74, 6) is -0.0346. The maximum atomic E-state index is 12.5. The number of ether oxygens (including phenoxy) is 1. The van der Waals surface area contributed by atoms with Crippen molar-refractivity contribution in [2.45, 2.75) is 38.3 Å². The Morgan fingerprint density at radius 2 is 1.91 bits per heavy atom. The van der Waals surface area contributed by atoms with Gasteiger partial charge in [-0.25, -0.2) is 4.79 Å². The zero-order chi connectivity index (χ0) is 16.5. The van der Waals surface area contributed by atoms with Crippen molar-refractivity contribution in [2.24, 2.45) is 5.73 Å². The van der Waals surface area contributed by atoms with Crippen molar-refractivity contribution in [1.29, 1.82) is 0 Å². The molecule has 2 rings (SSSR count). The monoisotopic (exact) mass is 319 g/mol. The summed E-state index contributed by atoms with van der Waals surface area (Å²) in [5.41, 5.74) is 6.44. The van der Waals surface area contributed by atoms with Gasteiger partial charge in [0.05, 0.1) is 0 Å². The fourth-order valence-corrected chi connectivity index (χ4v) is 2.64. The average Bonchev–Trinajstić information content (AvgIpc) is 3.11. The molecule has 0 aliphatic carbocycles. The number of rotatable bonds is 7. The van der Waals surface area contributed by atoms with Gasteiger partial charge in [-0.3, -0.25) is 4.79 Å². The summed E-state index contributed by atoms with van der Waals surface area (Å²) >= 11 is 0. The molecule has 6 nitrogen and oxygen atoms in total. The highest BCUT2D eigenvalue weighted by Crippen LogP contribution is 2.11. The molecule has 0 spiro atoms. The van der Waals surface area contributed by atoms with Gasteiger partial charge in [0.1, 0.15) is 12.6 Å². The van der Waals surface area contributed by atoms with Crippen LogP contribution in [0.15, 0.2) is 30.3 Å². The molecule has 3 N–H and O–H groups in total. The van der Waals surface area contributed by atoms with E-state index < -0.39 is 12.1 Å². The van der Waals surface area contributed by atoms with Gasteiger partial charge in [0.15, 0.2) is 0 Å². The van der Waals surface area contributed by atoms with Crippen LogP contribution in [-0.4, -0.2) is 42.6 Å². The van der Waals surface area contributed by atoms with Crippen LogP contribution in [0.3, 0.4) is 0 Å². The highest BCUT2D eigenvalue weighted by Gasteiger charge is 2.27. The number of carbonyl (C=O) groups excluding carboxylic acids is 2. The molecule has 1 aliphatic rings. The highest BCUT2D eigenvalue weighted by atomic mass is 16.5. The second-order valence-electron chi connectivity index (χ2n) is 5.72. The molecule has 6 heteroatoms. The first-order chi connectivity index (χ1) is 11.2. The van der Waals surface area contributed by atoms with E-state index in [2.05, 4.69) is 5.32 Å². The second-order valence-corrected chi connectivity index (χ2v) is 5.72. The van der Waals surface area contributed by atoms with E-state index in [1.807, 2.05) is 30.3 Å². The first-order valence-corrected chi connectivity index (χ1v) is 8.17. The van der Waals surface area contributed by atoms with E-state index in [0.29, 0.717) is 19.4 Å². The topological polar surface area (TPSA) is 84.7 Å². The maximum absolute atomic E-state index is 12.5. The lowest BCUT2D eigenvalue weighted by Crippen LogP contribution is -2.48. The lowest BCUT2D eigenvalue weighted by atomic mass is 10.1. The van der Waals surface area contributed by atoms with E-state index in [4.69, 9.17) is 10.5 Å². The normalized spacial score (nSPS) is 15.3. The predicted octanol–water partition coefficient (Wildman–Crippen LogP) is 1.64. The van der Waals surface area contributed by atoms with Crippen molar-refractivity contribution >= 4 is 12.0 Å². The molecule has 1 atom stereocenters. The average molecular weight is 319 g/mol. The van der Waals surface area contributed by atoms with Crippen molar-refractivity contribution in [2.75, 3.05) is 19.6 Å². The molecular formula is C17H25N3O3. The van der Waals surface area contributed by atoms with E-state index >= 15 is 0 Å². The van der Waals surface area contributed by atoms with E-state index in [1.165, 1.54) is 0 Å². The van der Waals surface area contributed by atoms with Crippen LogP contribution in [-0.2, 0) is 16.1 Å². The lowest BCUT2D eigenvalue weighted by molar-refractivity contribution is -0.132. The minimum Gasteiger partial charge on any atom is -0.445 e. The first kappa shape index (κ1) is 17.3. The summed E-state index contributed by atoms with van der Waals surface area (Å²) in [6.45, 7) is 2.20. The van der Waals surface area contributed by atoms with Crippen LogP contribution in [0.5, 0.6) is 0 Å². The zero-order valence-corrected chi connectivity index (χ0v) is 13.4. The molecule has 0 bridgehead atoms. The second kappa shape index (κ2) is 9.15. The van der Waals surface area contributed by atoms with Gasteiger partial charge >= 0.3 is 6.09 Å². The maximum Gasteiger partial charge on any atom is 0.408 e. The molecule has 2 amide bonds. The molecule has 0 aromatic heterocycles. The van der Waals surface area contributed by atoms with Crippen molar-refractivity contribution in [3.63, 3.8) is 0 Å². The van der Waals surface area contributed by atoms with Gasteiger partial charge < -0.3 is 20.7 Å². The van der Waals surface area contributed by atoms with Crippen LogP contribution >= 0.6 is 0 Å². The molecule has 126 valence electrons. The first-order valence-electron chi connectivity index (χ1n) is 8.17. The highest BCUT2D eigenvalue weighted by molar-refractivity contribution is 5.85. The summed E-state index contributed by atoms with van der Waals surface area (Å²) in [6.07, 6.45) is 2.69. The number of alkyl carbamates (subject to hydrolysis) is 1. The standard InChI is InChI=1S/C17H25N3O3/c18-10-6-9-15(16(21)20-11-4-5-12-20)19-17(22)23-13-14-7-2-1-3-8-14/h1-3,7-8,15H,4-6,9-13,18H2,(H,19,22). The number of carbonyl (C=O) groups is 2. The smallest absolute Gasteiger partial charge is 0.408 e. The number of likely N-dealkylation sites (tertiary alicyclic amines) is 1. The van der Waals surface area contributed by atoms with Crippen molar-refractivity contribution < 1.29 is 14.3 Å². The molecular weight excluding hydrogens is 294 g/mol. The number of nitrogens with two attached hydrogens (primary N) is 1. The molecule has 1 aromatic rings. The third kappa shape index (κ3) is 5.56. The largest absolute Gasteiger partial charge is 0.445 e. The minimum atomic E-state index is -0.566. The van der Waals surface area contributed by atoms with E-state index in [0.717, 1.165) is 31.5 Å². The summed E-state index contributed by atoms with van der Waals surface area (Å²) in [5, 5.41) is 2.69. The Balaban J connectivity index is 1.85. The van der Waals surface area contributed by atoms with Gasteiger partial charge in [0.2, 0.25) is 5.91 Å². The fourth-order valence-electron chi connectivity index (χ4n) is 2.64. The van der Waals surface area contributed by atoms with Crippen molar-refractivity contribution in [3.8, 4) is 0 Å². The van der Waals surface area contributed by atoms with Crippen LogP contribution in [0.2, 0.25) is 0 Å². The third-order valence-electron chi connectivity index (χ3n) is 3.92. The third-order valence-corrected chi connectivity index (χ3v) is 3.92. The van der Waals surface area contributed by atoms with Gasteiger partial charge in [-0.05, 0) is 37.8 Å². The summed E-state index contributed by atoms with van der Waals surface area (Å²) in [6, 6.07) is 8.89. The Labute approximate surface area is 137 Å². The Bertz CT molecular complexity index is 501. The molecule has 1 heterocycles. The van der Waals surface area contributed by atoms with Crippen LogP contribution in [0, 0.1) is 0 Å². The quantitative estimate of drug-likeness (QED) is 0.800. The minimum absolute atomic E-state index is 0.0346. The predicted molar refractivity (Wildman–Crippen MR) is 87.7 cm³/mol.